The van der Waals surface area contributed by atoms with Crippen LogP contribution < -0.4 is 0 Å². The first-order valence-electron chi connectivity index (χ1n) is 8.71. The lowest BCUT2D eigenvalue weighted by molar-refractivity contribution is 1.09. The predicted molar refractivity (Wildman–Crippen MR) is 107 cm³/mol. The lowest BCUT2D eigenvalue weighted by Gasteiger charge is -2.11. The third-order valence-electron chi connectivity index (χ3n) is 4.54. The summed E-state index contributed by atoms with van der Waals surface area (Å²) in [6, 6.07) is 27.4. The standard InChI is InChI=1S/C23H15N4/c1-3-7-16(8-4-1)19-13-22-21(27-23(19)17-9-5-2-6-10-17)12-11-20(26-22)18-14-24-25-15-18/h1,3-15H,(H,24,25). The molecule has 0 fully saturated rings. The highest BCUT2D eigenvalue weighted by Gasteiger charge is 2.13. The summed E-state index contributed by atoms with van der Waals surface area (Å²) in [5, 5.41) is 6.85. The summed E-state index contributed by atoms with van der Waals surface area (Å²) in [5.74, 6) is 0. The highest BCUT2D eigenvalue weighted by Crippen LogP contribution is 2.33. The van der Waals surface area contributed by atoms with E-state index in [0.717, 1.165) is 44.7 Å². The van der Waals surface area contributed by atoms with Crippen LogP contribution >= 0.6 is 0 Å². The van der Waals surface area contributed by atoms with Crippen molar-refractivity contribution in [3.63, 3.8) is 0 Å². The largest absolute Gasteiger partial charge is 0.285 e. The Morgan fingerprint density at radius 1 is 0.741 bits per heavy atom. The first-order chi connectivity index (χ1) is 13.4. The topological polar surface area (TPSA) is 54.5 Å². The zero-order valence-corrected chi connectivity index (χ0v) is 14.4. The Kier molecular flexibility index (Phi) is 3.72. The second-order valence-corrected chi connectivity index (χ2v) is 6.26. The Hall–Kier alpha value is -3.79. The maximum absolute atomic E-state index is 4.94. The molecule has 0 aliphatic carbocycles. The molecule has 0 aliphatic heterocycles. The molecule has 127 valence electrons. The summed E-state index contributed by atoms with van der Waals surface area (Å²) in [6.07, 6.45) is 3.61. The molecule has 0 amide bonds. The van der Waals surface area contributed by atoms with Crippen molar-refractivity contribution in [2.75, 3.05) is 0 Å². The number of aromatic amines is 1. The third kappa shape index (κ3) is 2.87. The maximum Gasteiger partial charge on any atom is 0.0900 e. The quantitative estimate of drug-likeness (QED) is 0.491. The summed E-state index contributed by atoms with van der Waals surface area (Å²) in [5.41, 5.74) is 7.74. The molecular weight excluding hydrogens is 332 g/mol. The first-order valence-corrected chi connectivity index (χ1v) is 8.71. The van der Waals surface area contributed by atoms with Gasteiger partial charge in [-0.25, -0.2) is 9.97 Å². The molecule has 5 aromatic rings. The van der Waals surface area contributed by atoms with E-state index in [-0.39, 0.29) is 0 Å². The average Bonchev–Trinajstić information content (AvgIpc) is 3.29. The molecule has 0 unspecified atom stereocenters. The van der Waals surface area contributed by atoms with Crippen molar-refractivity contribution in [2.24, 2.45) is 0 Å². The summed E-state index contributed by atoms with van der Waals surface area (Å²) in [7, 11) is 0. The van der Waals surface area contributed by atoms with Crippen LogP contribution in [-0.2, 0) is 0 Å². The molecule has 4 heteroatoms. The number of nitrogens with one attached hydrogen (secondary N) is 1. The van der Waals surface area contributed by atoms with Crippen LogP contribution in [0, 0.1) is 6.07 Å². The van der Waals surface area contributed by atoms with Crippen molar-refractivity contribution in [1.82, 2.24) is 20.2 Å². The smallest absolute Gasteiger partial charge is 0.0900 e. The Labute approximate surface area is 156 Å². The summed E-state index contributed by atoms with van der Waals surface area (Å²) in [4.78, 5) is 9.75. The Morgan fingerprint density at radius 3 is 2.37 bits per heavy atom. The van der Waals surface area contributed by atoms with Gasteiger partial charge in [0.15, 0.2) is 0 Å². The molecule has 2 aromatic carbocycles. The van der Waals surface area contributed by atoms with Gasteiger partial charge in [-0.1, -0.05) is 54.6 Å². The zero-order chi connectivity index (χ0) is 18.1. The molecular formula is C23H15N4. The van der Waals surface area contributed by atoms with Gasteiger partial charge in [0.2, 0.25) is 0 Å². The zero-order valence-electron chi connectivity index (χ0n) is 14.4. The lowest BCUT2D eigenvalue weighted by Crippen LogP contribution is -1.93. The second kappa shape index (κ2) is 6.50. The molecule has 27 heavy (non-hydrogen) atoms. The minimum Gasteiger partial charge on any atom is -0.285 e. The van der Waals surface area contributed by atoms with Gasteiger partial charge in [0.25, 0.3) is 0 Å². The van der Waals surface area contributed by atoms with Crippen molar-refractivity contribution in [3.8, 4) is 33.6 Å². The van der Waals surface area contributed by atoms with Gasteiger partial charge in [0, 0.05) is 22.9 Å². The lowest BCUT2D eigenvalue weighted by atomic mass is 9.98. The van der Waals surface area contributed by atoms with Crippen molar-refractivity contribution < 1.29 is 0 Å². The van der Waals surface area contributed by atoms with Crippen molar-refractivity contribution in [1.29, 1.82) is 0 Å². The summed E-state index contributed by atoms with van der Waals surface area (Å²) >= 11 is 0. The number of hydrogen-bond acceptors (Lipinski definition) is 3. The molecule has 0 saturated heterocycles. The normalized spacial score (nSPS) is 11.0. The number of benzene rings is 2. The van der Waals surface area contributed by atoms with Crippen LogP contribution in [0.5, 0.6) is 0 Å². The van der Waals surface area contributed by atoms with E-state index in [1.165, 1.54) is 0 Å². The van der Waals surface area contributed by atoms with Gasteiger partial charge in [0.05, 0.1) is 28.6 Å². The van der Waals surface area contributed by atoms with E-state index in [1.54, 1.807) is 6.20 Å². The van der Waals surface area contributed by atoms with Crippen LogP contribution in [0.3, 0.4) is 0 Å². The Bertz CT molecular complexity index is 1200. The fraction of sp³-hybridized carbons (Fsp3) is 0. The first kappa shape index (κ1) is 15.5. The van der Waals surface area contributed by atoms with E-state index < -0.39 is 0 Å². The van der Waals surface area contributed by atoms with Crippen LogP contribution in [-0.4, -0.2) is 20.2 Å². The van der Waals surface area contributed by atoms with Gasteiger partial charge in [-0.2, -0.15) is 5.10 Å². The molecule has 0 aliphatic rings. The highest BCUT2D eigenvalue weighted by atomic mass is 15.1. The van der Waals surface area contributed by atoms with E-state index in [9.17, 15) is 0 Å². The van der Waals surface area contributed by atoms with E-state index in [0.29, 0.717) is 0 Å². The molecule has 5 rings (SSSR count). The van der Waals surface area contributed by atoms with Crippen LogP contribution in [0.2, 0.25) is 0 Å². The highest BCUT2D eigenvalue weighted by molar-refractivity contribution is 5.90. The second-order valence-electron chi connectivity index (χ2n) is 6.26. The number of hydrogen-bond donors (Lipinski definition) is 1. The molecule has 0 spiro atoms. The van der Waals surface area contributed by atoms with E-state index >= 15 is 0 Å². The minimum atomic E-state index is 0.860. The number of pyridine rings is 2. The number of aromatic nitrogens is 4. The van der Waals surface area contributed by atoms with E-state index in [2.05, 4.69) is 34.5 Å². The number of fused-ring (bicyclic) bond motifs is 1. The van der Waals surface area contributed by atoms with Gasteiger partial charge in [-0.15, -0.1) is 0 Å². The Balaban J connectivity index is 1.77. The fourth-order valence-corrected chi connectivity index (χ4v) is 3.21. The Morgan fingerprint density at radius 2 is 1.59 bits per heavy atom. The minimum absolute atomic E-state index is 0.860. The molecule has 1 N–H and O–H groups in total. The van der Waals surface area contributed by atoms with E-state index in [1.807, 2.05) is 60.8 Å². The SMILES string of the molecule is [c]1ccc(-c2nc3ccc(-c4cn[nH]c4)nc3cc2-c2ccccc2)cc1. The molecule has 0 saturated carbocycles. The van der Waals surface area contributed by atoms with Gasteiger partial charge >= 0.3 is 0 Å². The molecule has 0 atom stereocenters. The molecule has 3 aromatic heterocycles. The van der Waals surface area contributed by atoms with Gasteiger partial charge in [-0.05, 0) is 29.8 Å². The summed E-state index contributed by atoms with van der Waals surface area (Å²) < 4.78 is 0. The van der Waals surface area contributed by atoms with Crippen LogP contribution in [0.25, 0.3) is 44.7 Å². The number of rotatable bonds is 3. The number of nitrogens with zero attached hydrogens (tertiary/aromatic N) is 3. The van der Waals surface area contributed by atoms with Gasteiger partial charge in [0.1, 0.15) is 0 Å². The number of H-pyrrole nitrogens is 1. The van der Waals surface area contributed by atoms with Crippen molar-refractivity contribution in [3.05, 3.63) is 91.3 Å². The maximum atomic E-state index is 4.94. The predicted octanol–water partition coefficient (Wildman–Crippen LogP) is 5.15. The van der Waals surface area contributed by atoms with Gasteiger partial charge < -0.3 is 0 Å². The van der Waals surface area contributed by atoms with Gasteiger partial charge in [-0.3, -0.25) is 5.10 Å². The van der Waals surface area contributed by atoms with Crippen molar-refractivity contribution in [2.45, 2.75) is 0 Å². The summed E-state index contributed by atoms with van der Waals surface area (Å²) in [6.45, 7) is 0. The van der Waals surface area contributed by atoms with Crippen LogP contribution in [0.15, 0.2) is 85.2 Å². The molecule has 1 radical (unpaired) electrons. The van der Waals surface area contributed by atoms with Crippen LogP contribution in [0.1, 0.15) is 0 Å². The van der Waals surface area contributed by atoms with Crippen molar-refractivity contribution >= 4 is 11.0 Å². The third-order valence-corrected chi connectivity index (χ3v) is 4.54. The monoisotopic (exact) mass is 347 g/mol. The molecule has 0 bridgehead atoms. The fourth-order valence-electron chi connectivity index (χ4n) is 3.21. The van der Waals surface area contributed by atoms with Crippen LogP contribution in [0.4, 0.5) is 0 Å². The average molecular weight is 347 g/mol. The van der Waals surface area contributed by atoms with E-state index in [4.69, 9.17) is 9.97 Å². The molecule has 4 nitrogen and oxygen atoms in total. The molecule has 3 heterocycles.